The summed E-state index contributed by atoms with van der Waals surface area (Å²) in [6, 6.07) is 10.7. The van der Waals surface area contributed by atoms with Crippen LogP contribution in [0.3, 0.4) is 0 Å². The van der Waals surface area contributed by atoms with Crippen molar-refractivity contribution in [1.29, 1.82) is 0 Å². The van der Waals surface area contributed by atoms with E-state index in [1.165, 1.54) is 42.7 Å². The summed E-state index contributed by atoms with van der Waals surface area (Å²) in [5.74, 6) is -0.362. The molecule has 0 aromatic heterocycles. The third-order valence-electron chi connectivity index (χ3n) is 5.27. The summed E-state index contributed by atoms with van der Waals surface area (Å²) in [5, 5.41) is 3.96. The van der Waals surface area contributed by atoms with Crippen molar-refractivity contribution in [3.05, 3.63) is 74.7 Å². The van der Waals surface area contributed by atoms with E-state index < -0.39 is 10.0 Å². The fourth-order valence-electron chi connectivity index (χ4n) is 3.53. The molecule has 32 heavy (non-hydrogen) atoms. The Morgan fingerprint density at radius 1 is 1.00 bits per heavy atom. The van der Waals surface area contributed by atoms with E-state index in [4.69, 9.17) is 34.8 Å². The van der Waals surface area contributed by atoms with Crippen LogP contribution in [0.5, 0.6) is 0 Å². The first-order valence-corrected chi connectivity index (χ1v) is 13.0. The number of nitrogens with one attached hydrogen (secondary N) is 1. The van der Waals surface area contributed by atoms with Crippen molar-refractivity contribution in [2.45, 2.75) is 43.5 Å². The number of sulfonamides is 1. The number of amides is 1. The van der Waals surface area contributed by atoms with Crippen molar-refractivity contribution in [2.24, 2.45) is 0 Å². The van der Waals surface area contributed by atoms with Crippen molar-refractivity contribution in [2.75, 3.05) is 13.1 Å². The van der Waals surface area contributed by atoms with Crippen molar-refractivity contribution in [1.82, 2.24) is 9.62 Å². The Labute approximate surface area is 204 Å². The number of hydrogen-bond donors (Lipinski definition) is 1. The number of carbonyl (C=O) groups is 1. The summed E-state index contributed by atoms with van der Waals surface area (Å²) in [6.07, 6.45) is 7.54. The molecule has 0 saturated heterocycles. The lowest BCUT2D eigenvalue weighted by molar-refractivity contribution is -0.121. The number of hydrogen-bond acceptors (Lipinski definition) is 3. The quantitative estimate of drug-likeness (QED) is 0.426. The number of halogens is 3. The van der Waals surface area contributed by atoms with Gasteiger partial charge in [0.15, 0.2) is 0 Å². The van der Waals surface area contributed by atoms with Crippen molar-refractivity contribution < 1.29 is 13.2 Å². The van der Waals surface area contributed by atoms with Crippen LogP contribution in [-0.2, 0) is 21.4 Å². The molecule has 0 radical (unpaired) electrons. The first kappa shape index (κ1) is 25.1. The van der Waals surface area contributed by atoms with E-state index in [1.807, 2.05) is 0 Å². The number of rotatable bonds is 9. The largest absolute Gasteiger partial charge is 0.355 e. The molecule has 1 aliphatic carbocycles. The molecule has 0 bridgehead atoms. The average Bonchev–Trinajstić information content (AvgIpc) is 2.77. The van der Waals surface area contributed by atoms with E-state index in [9.17, 15) is 13.2 Å². The van der Waals surface area contributed by atoms with Gasteiger partial charge in [0.05, 0.1) is 21.5 Å². The van der Waals surface area contributed by atoms with Gasteiger partial charge in [0.1, 0.15) is 0 Å². The second-order valence-corrected chi connectivity index (χ2v) is 10.9. The molecule has 0 heterocycles. The van der Waals surface area contributed by atoms with Crippen LogP contribution in [-0.4, -0.2) is 31.7 Å². The van der Waals surface area contributed by atoms with E-state index in [-0.39, 0.29) is 23.9 Å². The van der Waals surface area contributed by atoms with Crippen molar-refractivity contribution >= 4 is 50.7 Å². The summed E-state index contributed by atoms with van der Waals surface area (Å²) in [7, 11) is -3.95. The highest BCUT2D eigenvalue weighted by Gasteiger charge is 2.27. The van der Waals surface area contributed by atoms with Gasteiger partial charge in [0, 0.05) is 18.1 Å². The van der Waals surface area contributed by atoms with Gasteiger partial charge in [0.25, 0.3) is 0 Å². The molecular formula is C23H25Cl3N2O3S. The van der Waals surface area contributed by atoms with Crippen LogP contribution in [0.4, 0.5) is 0 Å². The van der Waals surface area contributed by atoms with Gasteiger partial charge in [-0.1, -0.05) is 52.5 Å². The van der Waals surface area contributed by atoms with Gasteiger partial charge in [0.2, 0.25) is 15.9 Å². The fourth-order valence-corrected chi connectivity index (χ4v) is 5.36. The molecule has 5 nitrogen and oxygen atoms in total. The lowest BCUT2D eigenvalue weighted by atomic mass is 9.97. The van der Waals surface area contributed by atoms with Gasteiger partial charge in [-0.3, -0.25) is 4.79 Å². The molecule has 0 fully saturated rings. The minimum Gasteiger partial charge on any atom is -0.355 e. The van der Waals surface area contributed by atoms with Gasteiger partial charge in [-0.15, -0.1) is 0 Å². The lowest BCUT2D eigenvalue weighted by Gasteiger charge is -2.22. The molecule has 0 unspecified atom stereocenters. The Hall–Kier alpha value is -1.57. The molecule has 0 saturated carbocycles. The monoisotopic (exact) mass is 514 g/mol. The lowest BCUT2D eigenvalue weighted by Crippen LogP contribution is -2.40. The molecule has 9 heteroatoms. The fraction of sp³-hybridized carbons (Fsp3) is 0.348. The first-order chi connectivity index (χ1) is 15.3. The van der Waals surface area contributed by atoms with Crippen LogP contribution in [0.15, 0.2) is 59.0 Å². The highest BCUT2D eigenvalue weighted by molar-refractivity contribution is 7.89. The molecule has 2 aromatic carbocycles. The zero-order chi connectivity index (χ0) is 23.1. The SMILES string of the molecule is O=C(CN(Cc1ccc(Cl)c(Cl)c1)S(=O)(=O)c1ccc(Cl)cc1)NCCC1=CCCCC1. The molecule has 2 aromatic rings. The molecule has 3 rings (SSSR count). The predicted octanol–water partition coefficient (Wildman–Crippen LogP) is 5.84. The molecular weight excluding hydrogens is 491 g/mol. The summed E-state index contributed by atoms with van der Waals surface area (Å²) < 4.78 is 27.7. The van der Waals surface area contributed by atoms with Gasteiger partial charge in [-0.05, 0) is 74.1 Å². The Bertz CT molecular complexity index is 1090. The zero-order valence-electron chi connectivity index (χ0n) is 17.5. The highest BCUT2D eigenvalue weighted by atomic mass is 35.5. The third-order valence-corrected chi connectivity index (χ3v) is 8.06. The maximum absolute atomic E-state index is 13.3. The maximum atomic E-state index is 13.3. The van der Waals surface area contributed by atoms with Gasteiger partial charge < -0.3 is 5.32 Å². The van der Waals surface area contributed by atoms with E-state index in [2.05, 4.69) is 11.4 Å². The van der Waals surface area contributed by atoms with Gasteiger partial charge in [-0.2, -0.15) is 4.31 Å². The minimum absolute atomic E-state index is 0.0274. The Morgan fingerprint density at radius 2 is 1.75 bits per heavy atom. The molecule has 1 aliphatic rings. The third kappa shape index (κ3) is 6.96. The molecule has 1 amide bonds. The predicted molar refractivity (Wildman–Crippen MR) is 130 cm³/mol. The molecule has 172 valence electrons. The molecule has 0 spiro atoms. The van der Waals surface area contributed by atoms with Gasteiger partial charge in [-0.25, -0.2) is 8.42 Å². The molecule has 1 N–H and O–H groups in total. The van der Waals surface area contributed by atoms with Crippen LogP contribution in [0.25, 0.3) is 0 Å². The highest BCUT2D eigenvalue weighted by Crippen LogP contribution is 2.25. The Balaban J connectivity index is 1.74. The summed E-state index contributed by atoms with van der Waals surface area (Å²) in [5.41, 5.74) is 1.97. The zero-order valence-corrected chi connectivity index (χ0v) is 20.6. The second-order valence-electron chi connectivity index (χ2n) is 7.68. The van der Waals surface area contributed by atoms with Crippen molar-refractivity contribution in [3.63, 3.8) is 0 Å². The second kappa shape index (κ2) is 11.5. The van der Waals surface area contributed by atoms with Crippen LogP contribution >= 0.6 is 34.8 Å². The number of nitrogens with zero attached hydrogens (tertiary/aromatic N) is 1. The van der Waals surface area contributed by atoms with E-state index >= 15 is 0 Å². The first-order valence-electron chi connectivity index (χ1n) is 10.4. The Morgan fingerprint density at radius 3 is 2.41 bits per heavy atom. The molecule has 0 aliphatic heterocycles. The van der Waals surface area contributed by atoms with E-state index in [1.54, 1.807) is 18.2 Å². The number of allylic oxidation sites excluding steroid dienone is 1. The van der Waals surface area contributed by atoms with Crippen LogP contribution in [0.2, 0.25) is 15.1 Å². The van der Waals surface area contributed by atoms with E-state index in [0.29, 0.717) is 27.2 Å². The summed E-state index contributed by atoms with van der Waals surface area (Å²) >= 11 is 18.0. The average molecular weight is 516 g/mol. The van der Waals surface area contributed by atoms with E-state index in [0.717, 1.165) is 23.6 Å². The maximum Gasteiger partial charge on any atom is 0.243 e. The number of carbonyl (C=O) groups excluding carboxylic acids is 1. The van der Waals surface area contributed by atoms with Crippen LogP contribution in [0, 0.1) is 0 Å². The smallest absolute Gasteiger partial charge is 0.243 e. The van der Waals surface area contributed by atoms with Crippen LogP contribution in [0.1, 0.15) is 37.7 Å². The minimum atomic E-state index is -3.95. The summed E-state index contributed by atoms with van der Waals surface area (Å²) in [4.78, 5) is 12.7. The molecule has 0 atom stereocenters. The van der Waals surface area contributed by atoms with Gasteiger partial charge >= 0.3 is 0 Å². The Kier molecular flexibility index (Phi) is 9.03. The standard InChI is InChI=1S/C23H25Cl3N2O3S/c24-19-7-9-20(10-8-19)32(30,31)28(15-18-6-11-21(25)22(26)14-18)16-23(29)27-13-12-17-4-2-1-3-5-17/h4,6-11,14H,1-3,5,12-13,15-16H2,(H,27,29). The normalized spacial score (nSPS) is 14.3. The van der Waals surface area contributed by atoms with Crippen LogP contribution < -0.4 is 5.32 Å². The number of benzene rings is 2. The van der Waals surface area contributed by atoms with Crippen molar-refractivity contribution in [3.8, 4) is 0 Å². The summed E-state index contributed by atoms with van der Waals surface area (Å²) in [6.45, 7) is 0.136. The topological polar surface area (TPSA) is 66.5 Å².